The van der Waals surface area contributed by atoms with E-state index in [0.29, 0.717) is 18.2 Å². The van der Waals surface area contributed by atoms with E-state index in [0.717, 1.165) is 6.54 Å². The van der Waals surface area contributed by atoms with Crippen LogP contribution < -0.4 is 5.32 Å². The standard InChI is InChI=1S/C14H31NO/c1-6-7-8-9-10-13(4)16-14(5)11-15-12(2)3/h12-15H,6-11H2,1-5H3. The van der Waals surface area contributed by atoms with Crippen molar-refractivity contribution in [2.45, 2.75) is 85.0 Å². The fourth-order valence-corrected chi connectivity index (χ4v) is 1.77. The summed E-state index contributed by atoms with van der Waals surface area (Å²) in [6.45, 7) is 11.9. The van der Waals surface area contributed by atoms with Gasteiger partial charge in [0, 0.05) is 12.6 Å². The molecule has 0 aliphatic rings. The molecule has 0 saturated carbocycles. The highest BCUT2D eigenvalue weighted by molar-refractivity contribution is 4.61. The van der Waals surface area contributed by atoms with Gasteiger partial charge in [0.1, 0.15) is 0 Å². The Morgan fingerprint density at radius 1 is 0.938 bits per heavy atom. The number of nitrogens with one attached hydrogen (secondary N) is 1. The number of unbranched alkanes of at least 4 members (excludes halogenated alkanes) is 3. The first-order chi connectivity index (χ1) is 7.56. The van der Waals surface area contributed by atoms with E-state index in [2.05, 4.69) is 39.9 Å². The van der Waals surface area contributed by atoms with Gasteiger partial charge in [-0.05, 0) is 20.3 Å². The van der Waals surface area contributed by atoms with Crippen LogP contribution in [0.1, 0.15) is 66.7 Å². The second-order valence-electron chi connectivity index (χ2n) is 5.17. The minimum Gasteiger partial charge on any atom is -0.374 e. The third-order valence-electron chi connectivity index (χ3n) is 2.74. The number of ether oxygens (including phenoxy) is 1. The molecule has 2 atom stereocenters. The molecule has 0 radical (unpaired) electrons. The molecule has 2 nitrogen and oxygen atoms in total. The summed E-state index contributed by atoms with van der Waals surface area (Å²) in [7, 11) is 0. The van der Waals surface area contributed by atoms with E-state index >= 15 is 0 Å². The first kappa shape index (κ1) is 15.9. The van der Waals surface area contributed by atoms with Crippen LogP contribution in [0.4, 0.5) is 0 Å². The SMILES string of the molecule is CCCCCCC(C)OC(C)CNC(C)C. The largest absolute Gasteiger partial charge is 0.374 e. The van der Waals surface area contributed by atoms with Crippen LogP contribution in [-0.2, 0) is 4.74 Å². The summed E-state index contributed by atoms with van der Waals surface area (Å²) in [6, 6.07) is 0.547. The smallest absolute Gasteiger partial charge is 0.0675 e. The molecular weight excluding hydrogens is 198 g/mol. The van der Waals surface area contributed by atoms with Crippen LogP contribution in [0.2, 0.25) is 0 Å². The molecule has 0 amide bonds. The van der Waals surface area contributed by atoms with Crippen molar-refractivity contribution in [1.29, 1.82) is 0 Å². The van der Waals surface area contributed by atoms with Crippen LogP contribution in [0.25, 0.3) is 0 Å². The second-order valence-corrected chi connectivity index (χ2v) is 5.17. The zero-order valence-corrected chi connectivity index (χ0v) is 11.9. The third kappa shape index (κ3) is 10.4. The third-order valence-corrected chi connectivity index (χ3v) is 2.74. The van der Waals surface area contributed by atoms with Gasteiger partial charge in [0.25, 0.3) is 0 Å². The highest BCUT2D eigenvalue weighted by Gasteiger charge is 2.08. The Balaban J connectivity index is 3.42. The molecule has 0 aliphatic heterocycles. The fraction of sp³-hybridized carbons (Fsp3) is 1.00. The maximum atomic E-state index is 5.92. The second kappa shape index (κ2) is 10.1. The minimum atomic E-state index is 0.323. The maximum absolute atomic E-state index is 5.92. The molecule has 0 saturated heterocycles. The van der Waals surface area contributed by atoms with E-state index in [1.165, 1.54) is 32.1 Å². The van der Waals surface area contributed by atoms with Gasteiger partial charge in [0.15, 0.2) is 0 Å². The van der Waals surface area contributed by atoms with E-state index in [1.54, 1.807) is 0 Å². The molecule has 0 aromatic heterocycles. The zero-order chi connectivity index (χ0) is 12.4. The predicted molar refractivity (Wildman–Crippen MR) is 71.9 cm³/mol. The lowest BCUT2D eigenvalue weighted by Gasteiger charge is -2.20. The Kier molecular flexibility index (Phi) is 10.0. The lowest BCUT2D eigenvalue weighted by molar-refractivity contribution is 0.00288. The van der Waals surface area contributed by atoms with Gasteiger partial charge in [-0.15, -0.1) is 0 Å². The van der Waals surface area contributed by atoms with Crippen LogP contribution in [-0.4, -0.2) is 24.8 Å². The van der Waals surface area contributed by atoms with Gasteiger partial charge in [-0.25, -0.2) is 0 Å². The Morgan fingerprint density at radius 3 is 2.19 bits per heavy atom. The molecule has 2 unspecified atom stereocenters. The molecule has 0 aliphatic carbocycles. The van der Waals surface area contributed by atoms with Crippen molar-refractivity contribution in [3.05, 3.63) is 0 Å². The fourth-order valence-electron chi connectivity index (χ4n) is 1.77. The minimum absolute atomic E-state index is 0.323. The molecule has 0 aromatic carbocycles. The topological polar surface area (TPSA) is 21.3 Å². The van der Waals surface area contributed by atoms with Gasteiger partial charge in [0.2, 0.25) is 0 Å². The Bertz CT molecular complexity index is 148. The lowest BCUT2D eigenvalue weighted by atomic mass is 10.1. The van der Waals surface area contributed by atoms with Crippen molar-refractivity contribution in [2.75, 3.05) is 6.54 Å². The van der Waals surface area contributed by atoms with Gasteiger partial charge >= 0.3 is 0 Å². The Morgan fingerprint density at radius 2 is 1.62 bits per heavy atom. The first-order valence-corrected chi connectivity index (χ1v) is 6.95. The first-order valence-electron chi connectivity index (χ1n) is 6.95. The lowest BCUT2D eigenvalue weighted by Crippen LogP contribution is -2.33. The van der Waals surface area contributed by atoms with Crippen molar-refractivity contribution in [3.8, 4) is 0 Å². The molecule has 16 heavy (non-hydrogen) atoms. The molecule has 1 N–H and O–H groups in total. The number of hydrogen-bond acceptors (Lipinski definition) is 2. The van der Waals surface area contributed by atoms with Gasteiger partial charge < -0.3 is 10.1 Å². The molecule has 0 fully saturated rings. The summed E-state index contributed by atoms with van der Waals surface area (Å²) < 4.78 is 5.92. The monoisotopic (exact) mass is 229 g/mol. The van der Waals surface area contributed by atoms with Crippen molar-refractivity contribution in [1.82, 2.24) is 5.32 Å². The summed E-state index contributed by atoms with van der Waals surface area (Å²) in [5.41, 5.74) is 0. The molecule has 0 aromatic rings. The molecule has 0 bridgehead atoms. The van der Waals surface area contributed by atoms with Crippen LogP contribution in [0.5, 0.6) is 0 Å². The van der Waals surface area contributed by atoms with Crippen molar-refractivity contribution < 1.29 is 4.74 Å². The molecular formula is C14H31NO. The van der Waals surface area contributed by atoms with Crippen LogP contribution in [0, 0.1) is 0 Å². The van der Waals surface area contributed by atoms with Gasteiger partial charge in [-0.1, -0.05) is 46.5 Å². The van der Waals surface area contributed by atoms with E-state index in [4.69, 9.17) is 4.74 Å². The van der Waals surface area contributed by atoms with E-state index in [9.17, 15) is 0 Å². The average Bonchev–Trinajstić information content (AvgIpc) is 2.21. The van der Waals surface area contributed by atoms with Crippen molar-refractivity contribution in [2.24, 2.45) is 0 Å². The summed E-state index contributed by atoms with van der Waals surface area (Å²) in [5.74, 6) is 0. The van der Waals surface area contributed by atoms with Crippen molar-refractivity contribution in [3.63, 3.8) is 0 Å². The van der Waals surface area contributed by atoms with Crippen LogP contribution in [0.15, 0.2) is 0 Å². The van der Waals surface area contributed by atoms with Crippen molar-refractivity contribution >= 4 is 0 Å². The molecule has 0 heterocycles. The summed E-state index contributed by atoms with van der Waals surface area (Å²) in [5, 5.41) is 3.40. The van der Waals surface area contributed by atoms with Crippen LogP contribution in [0.3, 0.4) is 0 Å². The van der Waals surface area contributed by atoms with Gasteiger partial charge in [0.05, 0.1) is 12.2 Å². The predicted octanol–water partition coefficient (Wildman–Crippen LogP) is 3.75. The van der Waals surface area contributed by atoms with Gasteiger partial charge in [-0.2, -0.15) is 0 Å². The summed E-state index contributed by atoms with van der Waals surface area (Å²) in [6.07, 6.45) is 7.25. The molecule has 2 heteroatoms. The average molecular weight is 229 g/mol. The normalized spacial score (nSPS) is 15.4. The van der Waals surface area contributed by atoms with Crippen LogP contribution >= 0.6 is 0 Å². The van der Waals surface area contributed by atoms with E-state index in [1.807, 2.05) is 0 Å². The Hall–Kier alpha value is -0.0800. The van der Waals surface area contributed by atoms with E-state index in [-0.39, 0.29) is 0 Å². The Labute approximate surface area is 102 Å². The number of hydrogen-bond donors (Lipinski definition) is 1. The molecule has 0 rings (SSSR count). The maximum Gasteiger partial charge on any atom is 0.0675 e. The quantitative estimate of drug-likeness (QED) is 0.576. The highest BCUT2D eigenvalue weighted by atomic mass is 16.5. The van der Waals surface area contributed by atoms with Gasteiger partial charge in [-0.3, -0.25) is 0 Å². The highest BCUT2D eigenvalue weighted by Crippen LogP contribution is 2.09. The molecule has 98 valence electrons. The summed E-state index contributed by atoms with van der Waals surface area (Å²) >= 11 is 0. The summed E-state index contributed by atoms with van der Waals surface area (Å²) in [4.78, 5) is 0. The zero-order valence-electron chi connectivity index (χ0n) is 11.9. The van der Waals surface area contributed by atoms with E-state index < -0.39 is 0 Å². The molecule has 0 spiro atoms. The number of rotatable bonds is 10.